The van der Waals surface area contributed by atoms with Gasteiger partial charge >= 0.3 is 0 Å². The van der Waals surface area contributed by atoms with Crippen LogP contribution in [0.4, 0.5) is 0 Å². The van der Waals surface area contributed by atoms with Crippen LogP contribution in [-0.4, -0.2) is 35.2 Å². The molecule has 3 rings (SSSR count). The highest BCUT2D eigenvalue weighted by atomic mass is 32.2. The Morgan fingerprint density at radius 3 is 2.33 bits per heavy atom. The molecule has 2 aromatic carbocycles. The van der Waals surface area contributed by atoms with Gasteiger partial charge in [-0.25, -0.2) is 5.01 Å². The number of aryl methyl sites for hydroxylation is 2. The predicted molar refractivity (Wildman–Crippen MR) is 117 cm³/mol. The first-order valence-corrected chi connectivity index (χ1v) is 10.5. The van der Waals surface area contributed by atoms with Crippen LogP contribution in [0.15, 0.2) is 47.6 Å². The van der Waals surface area contributed by atoms with Crippen LogP contribution in [0, 0.1) is 13.8 Å². The van der Waals surface area contributed by atoms with Crippen LogP contribution in [0.25, 0.3) is 0 Å². The summed E-state index contributed by atoms with van der Waals surface area (Å²) in [6.45, 7) is 7.73. The van der Waals surface area contributed by atoms with Gasteiger partial charge in [0.15, 0.2) is 5.17 Å². The van der Waals surface area contributed by atoms with Gasteiger partial charge in [-0.3, -0.25) is 9.59 Å². The van der Waals surface area contributed by atoms with Crippen LogP contribution >= 0.6 is 11.8 Å². The van der Waals surface area contributed by atoms with E-state index in [1.807, 2.05) is 50.2 Å². The molecule has 1 heterocycles. The monoisotopic (exact) mass is 427 g/mol. The van der Waals surface area contributed by atoms with Gasteiger partial charge < -0.3 is 14.8 Å². The largest absolute Gasteiger partial charge is 0.490 e. The molecule has 0 aliphatic carbocycles. The highest BCUT2D eigenvalue weighted by molar-refractivity contribution is 8.14. The molecule has 30 heavy (non-hydrogen) atoms. The zero-order valence-corrected chi connectivity index (χ0v) is 18.3. The molecule has 1 aliphatic heterocycles. The van der Waals surface area contributed by atoms with E-state index in [4.69, 9.17) is 9.47 Å². The molecular formula is C22H25N3O4S. The Bertz CT molecular complexity index is 956. The molecule has 2 amide bonds. The van der Waals surface area contributed by atoms with E-state index in [1.165, 1.54) is 30.6 Å². The summed E-state index contributed by atoms with van der Waals surface area (Å²) in [6, 6.07) is 13.6. The standard InChI is InChI=1S/C22H25N3O4S/c1-14-10-15(2)12-20(11-14)29-9-8-28-19-7-5-6-18(13-19)21-25(17(4)27)24-22(30-21)23-16(3)26/h5-7,10-13,21H,8-9H2,1-4H3,(H,23,24,26). The van der Waals surface area contributed by atoms with Crippen molar-refractivity contribution >= 4 is 28.7 Å². The lowest BCUT2D eigenvalue weighted by molar-refractivity contribution is -0.129. The first kappa shape index (κ1) is 21.7. The quantitative estimate of drug-likeness (QED) is 0.710. The van der Waals surface area contributed by atoms with Crippen molar-refractivity contribution < 1.29 is 19.1 Å². The number of nitrogens with zero attached hydrogens (tertiary/aromatic N) is 2. The van der Waals surface area contributed by atoms with Crippen molar-refractivity contribution in [3.63, 3.8) is 0 Å². The number of nitrogens with one attached hydrogen (secondary N) is 1. The van der Waals surface area contributed by atoms with Crippen molar-refractivity contribution in [2.45, 2.75) is 33.1 Å². The molecule has 7 nitrogen and oxygen atoms in total. The normalized spacial score (nSPS) is 15.5. The molecular weight excluding hydrogens is 402 g/mol. The average molecular weight is 428 g/mol. The van der Waals surface area contributed by atoms with Gasteiger partial charge in [-0.1, -0.05) is 30.0 Å². The van der Waals surface area contributed by atoms with E-state index in [0.29, 0.717) is 24.1 Å². The summed E-state index contributed by atoms with van der Waals surface area (Å²) in [4.78, 5) is 23.3. The number of hydrogen-bond donors (Lipinski definition) is 1. The molecule has 2 aromatic rings. The van der Waals surface area contributed by atoms with Gasteiger partial charge in [0.1, 0.15) is 30.1 Å². The number of thioether (sulfide) groups is 1. The number of rotatable bonds is 6. The van der Waals surface area contributed by atoms with Crippen LogP contribution in [-0.2, 0) is 9.59 Å². The van der Waals surface area contributed by atoms with Crippen molar-refractivity contribution in [2.75, 3.05) is 13.2 Å². The number of carbonyl (C=O) groups excluding carboxylic acids is 2. The lowest BCUT2D eigenvalue weighted by Crippen LogP contribution is -2.25. The highest BCUT2D eigenvalue weighted by Gasteiger charge is 2.32. The second-order valence-corrected chi connectivity index (χ2v) is 8.08. The molecule has 1 N–H and O–H groups in total. The summed E-state index contributed by atoms with van der Waals surface area (Å²) in [5.41, 5.74) is 3.17. The van der Waals surface area contributed by atoms with Gasteiger partial charge in [0.05, 0.1) is 0 Å². The maximum absolute atomic E-state index is 12.0. The summed E-state index contributed by atoms with van der Waals surface area (Å²) in [5.74, 6) is 1.06. The van der Waals surface area contributed by atoms with Crippen LogP contribution in [0.1, 0.15) is 35.9 Å². The second-order valence-electron chi connectivity index (χ2n) is 7.01. The van der Waals surface area contributed by atoms with E-state index in [2.05, 4.69) is 16.5 Å². The Kier molecular flexibility index (Phi) is 6.99. The lowest BCUT2D eigenvalue weighted by atomic mass is 10.1. The van der Waals surface area contributed by atoms with E-state index >= 15 is 0 Å². The maximum atomic E-state index is 12.0. The minimum absolute atomic E-state index is 0.207. The Morgan fingerprint density at radius 1 is 1.03 bits per heavy atom. The fourth-order valence-corrected chi connectivity index (χ4v) is 4.20. The molecule has 1 atom stereocenters. The summed E-state index contributed by atoms with van der Waals surface area (Å²) >= 11 is 1.31. The molecule has 1 aliphatic rings. The Labute approximate surface area is 180 Å². The van der Waals surface area contributed by atoms with Crippen molar-refractivity contribution in [2.24, 2.45) is 5.10 Å². The molecule has 0 fully saturated rings. The third kappa shape index (κ3) is 5.76. The molecule has 0 spiro atoms. The van der Waals surface area contributed by atoms with Gasteiger partial charge in [0.25, 0.3) is 0 Å². The highest BCUT2D eigenvalue weighted by Crippen LogP contribution is 2.39. The topological polar surface area (TPSA) is 80.2 Å². The van der Waals surface area contributed by atoms with Crippen LogP contribution < -0.4 is 14.8 Å². The van der Waals surface area contributed by atoms with E-state index in [1.54, 1.807) is 0 Å². The number of benzene rings is 2. The zero-order valence-electron chi connectivity index (χ0n) is 17.5. The van der Waals surface area contributed by atoms with Crippen LogP contribution in [0.5, 0.6) is 11.5 Å². The third-order valence-electron chi connectivity index (χ3n) is 4.21. The van der Waals surface area contributed by atoms with Gasteiger partial charge in [0.2, 0.25) is 11.8 Å². The van der Waals surface area contributed by atoms with Gasteiger partial charge in [0, 0.05) is 13.8 Å². The van der Waals surface area contributed by atoms with Crippen molar-refractivity contribution in [3.8, 4) is 11.5 Å². The molecule has 1 unspecified atom stereocenters. The molecule has 158 valence electrons. The van der Waals surface area contributed by atoms with E-state index in [9.17, 15) is 9.59 Å². The Balaban J connectivity index is 1.60. The Morgan fingerprint density at radius 2 is 1.70 bits per heavy atom. The van der Waals surface area contributed by atoms with Gasteiger partial charge in [-0.2, -0.15) is 0 Å². The van der Waals surface area contributed by atoms with Crippen molar-refractivity contribution in [1.82, 2.24) is 10.3 Å². The zero-order chi connectivity index (χ0) is 21.7. The van der Waals surface area contributed by atoms with Crippen LogP contribution in [0.2, 0.25) is 0 Å². The minimum Gasteiger partial charge on any atom is -0.490 e. The third-order valence-corrected chi connectivity index (χ3v) is 5.31. The van der Waals surface area contributed by atoms with E-state index in [0.717, 1.165) is 22.4 Å². The fourth-order valence-electron chi connectivity index (χ4n) is 3.07. The van der Waals surface area contributed by atoms with Crippen LogP contribution in [0.3, 0.4) is 0 Å². The summed E-state index contributed by atoms with van der Waals surface area (Å²) < 4.78 is 11.6. The van der Waals surface area contributed by atoms with E-state index in [-0.39, 0.29) is 17.2 Å². The number of ether oxygens (including phenoxy) is 2. The fraction of sp³-hybridized carbons (Fsp3) is 0.318. The number of hydrazone groups is 1. The summed E-state index contributed by atoms with van der Waals surface area (Å²) in [6.07, 6.45) is 0. The predicted octanol–water partition coefficient (Wildman–Crippen LogP) is 3.76. The molecule has 0 saturated carbocycles. The average Bonchev–Trinajstić information content (AvgIpc) is 3.08. The first-order valence-electron chi connectivity index (χ1n) is 9.58. The van der Waals surface area contributed by atoms with Crippen molar-refractivity contribution in [3.05, 3.63) is 59.2 Å². The molecule has 8 heteroatoms. The van der Waals surface area contributed by atoms with Crippen molar-refractivity contribution in [1.29, 1.82) is 0 Å². The summed E-state index contributed by atoms with van der Waals surface area (Å²) in [7, 11) is 0. The Hall–Kier alpha value is -3.00. The molecule has 0 radical (unpaired) electrons. The van der Waals surface area contributed by atoms with Gasteiger partial charge in [-0.15, -0.1) is 5.10 Å². The first-order chi connectivity index (χ1) is 14.3. The molecule has 0 aromatic heterocycles. The lowest BCUT2D eigenvalue weighted by Gasteiger charge is -2.19. The number of amidine groups is 1. The number of amides is 2. The second kappa shape index (κ2) is 9.67. The number of carbonyl (C=O) groups is 2. The molecule has 0 saturated heterocycles. The summed E-state index contributed by atoms with van der Waals surface area (Å²) in [5, 5.41) is 8.24. The maximum Gasteiger partial charge on any atom is 0.241 e. The smallest absolute Gasteiger partial charge is 0.241 e. The number of hydrogen-bond acceptors (Lipinski definition) is 6. The van der Waals surface area contributed by atoms with E-state index < -0.39 is 0 Å². The molecule has 0 bridgehead atoms. The van der Waals surface area contributed by atoms with Gasteiger partial charge in [-0.05, 0) is 54.8 Å². The SMILES string of the molecule is CC(=O)NC1=NN(C(C)=O)C(c2cccc(OCCOc3cc(C)cc(C)c3)c2)S1. The minimum atomic E-state index is -0.362.